The van der Waals surface area contributed by atoms with E-state index >= 15 is 0 Å². The van der Waals surface area contributed by atoms with Crippen LogP contribution in [0.3, 0.4) is 0 Å². The standard InChI is InChI=1S/C15H14N4O2/c1-21-11-4-2-10(3-5-11)15-13-9-18-17-8-12(13)14(20)19(15)7-6-16-15/h2-5,8-9,16H,6-7H2,1H3/t15-/m0/s1. The Bertz CT molecular complexity index is 716. The highest BCUT2D eigenvalue weighted by molar-refractivity contribution is 6.00. The molecule has 0 saturated carbocycles. The number of ether oxygens (including phenoxy) is 1. The summed E-state index contributed by atoms with van der Waals surface area (Å²) in [5, 5.41) is 11.3. The van der Waals surface area contributed by atoms with Gasteiger partial charge in [-0.15, -0.1) is 0 Å². The van der Waals surface area contributed by atoms with Crippen molar-refractivity contribution in [2.75, 3.05) is 20.2 Å². The molecule has 0 radical (unpaired) electrons. The van der Waals surface area contributed by atoms with Crippen molar-refractivity contribution in [1.29, 1.82) is 0 Å². The molecule has 3 heterocycles. The summed E-state index contributed by atoms with van der Waals surface area (Å²) in [5.74, 6) is 0.790. The van der Waals surface area contributed by atoms with E-state index in [1.807, 2.05) is 29.2 Å². The van der Waals surface area contributed by atoms with Gasteiger partial charge in [0.2, 0.25) is 0 Å². The molecule has 1 fully saturated rings. The number of hydrogen-bond donors (Lipinski definition) is 1. The number of fused-ring (bicyclic) bond motifs is 3. The van der Waals surface area contributed by atoms with E-state index in [1.165, 1.54) is 0 Å². The van der Waals surface area contributed by atoms with Crippen molar-refractivity contribution >= 4 is 5.91 Å². The summed E-state index contributed by atoms with van der Waals surface area (Å²) in [6.45, 7) is 1.42. The molecule has 1 aromatic heterocycles. The predicted molar refractivity (Wildman–Crippen MR) is 74.8 cm³/mol. The summed E-state index contributed by atoms with van der Waals surface area (Å²) in [7, 11) is 1.64. The SMILES string of the molecule is COc1ccc([C@]23NCCN2C(=O)c2cnncc23)cc1. The molecule has 1 atom stereocenters. The highest BCUT2D eigenvalue weighted by Gasteiger charge is 2.53. The number of amides is 1. The summed E-state index contributed by atoms with van der Waals surface area (Å²) < 4.78 is 5.21. The number of aromatic nitrogens is 2. The number of hydrogen-bond acceptors (Lipinski definition) is 5. The minimum absolute atomic E-state index is 0.000665. The molecular weight excluding hydrogens is 268 g/mol. The molecule has 6 nitrogen and oxygen atoms in total. The lowest BCUT2D eigenvalue weighted by molar-refractivity contribution is 0.0694. The Kier molecular flexibility index (Phi) is 2.49. The largest absolute Gasteiger partial charge is 0.497 e. The van der Waals surface area contributed by atoms with Crippen molar-refractivity contribution in [3.8, 4) is 5.75 Å². The Hall–Kier alpha value is -2.47. The van der Waals surface area contributed by atoms with E-state index in [4.69, 9.17) is 4.74 Å². The lowest BCUT2D eigenvalue weighted by Gasteiger charge is -2.33. The Morgan fingerprint density at radius 3 is 2.76 bits per heavy atom. The molecule has 1 N–H and O–H groups in total. The molecule has 1 aromatic carbocycles. The molecule has 6 heteroatoms. The zero-order valence-corrected chi connectivity index (χ0v) is 11.5. The maximum Gasteiger partial charge on any atom is 0.258 e. The molecule has 0 spiro atoms. The molecule has 21 heavy (non-hydrogen) atoms. The van der Waals surface area contributed by atoms with Crippen LogP contribution in [0.2, 0.25) is 0 Å². The van der Waals surface area contributed by atoms with Gasteiger partial charge in [-0.2, -0.15) is 10.2 Å². The van der Waals surface area contributed by atoms with Crippen LogP contribution < -0.4 is 10.1 Å². The summed E-state index contributed by atoms with van der Waals surface area (Å²) in [6.07, 6.45) is 3.22. The minimum atomic E-state index is -0.630. The van der Waals surface area contributed by atoms with E-state index < -0.39 is 5.66 Å². The zero-order valence-electron chi connectivity index (χ0n) is 11.5. The summed E-state index contributed by atoms with van der Waals surface area (Å²) in [4.78, 5) is 14.4. The second-order valence-corrected chi connectivity index (χ2v) is 5.14. The molecule has 0 unspecified atom stereocenters. The number of nitrogens with one attached hydrogen (secondary N) is 1. The number of rotatable bonds is 2. The predicted octanol–water partition coefficient (Wildman–Crippen LogP) is 0.745. The first-order chi connectivity index (χ1) is 10.3. The van der Waals surface area contributed by atoms with Crippen LogP contribution in [0, 0.1) is 0 Å². The highest BCUT2D eigenvalue weighted by Crippen LogP contribution is 2.43. The van der Waals surface area contributed by atoms with Gasteiger partial charge in [0, 0.05) is 18.7 Å². The lowest BCUT2D eigenvalue weighted by atomic mass is 9.93. The first-order valence-corrected chi connectivity index (χ1v) is 6.80. The van der Waals surface area contributed by atoms with E-state index in [-0.39, 0.29) is 5.91 Å². The highest BCUT2D eigenvalue weighted by atomic mass is 16.5. The van der Waals surface area contributed by atoms with Crippen LogP contribution in [-0.4, -0.2) is 41.2 Å². The van der Waals surface area contributed by atoms with Crippen molar-refractivity contribution in [2.45, 2.75) is 5.66 Å². The van der Waals surface area contributed by atoms with Crippen molar-refractivity contribution < 1.29 is 9.53 Å². The minimum Gasteiger partial charge on any atom is -0.497 e. The van der Waals surface area contributed by atoms with E-state index in [2.05, 4.69) is 15.5 Å². The van der Waals surface area contributed by atoms with Crippen LogP contribution in [0.25, 0.3) is 0 Å². The van der Waals surface area contributed by atoms with Gasteiger partial charge in [0.15, 0.2) is 0 Å². The van der Waals surface area contributed by atoms with E-state index in [1.54, 1.807) is 19.5 Å². The van der Waals surface area contributed by atoms with Crippen LogP contribution in [-0.2, 0) is 5.66 Å². The normalized spacial score (nSPS) is 23.1. The molecule has 0 bridgehead atoms. The van der Waals surface area contributed by atoms with Crippen molar-refractivity contribution in [3.63, 3.8) is 0 Å². The number of methoxy groups -OCH3 is 1. The number of carbonyl (C=O) groups excluding carboxylic acids is 1. The molecule has 1 amide bonds. The van der Waals surface area contributed by atoms with Gasteiger partial charge in [0.05, 0.1) is 25.1 Å². The summed E-state index contributed by atoms with van der Waals surface area (Å²) in [5.41, 5.74) is 1.85. The number of nitrogens with zero attached hydrogens (tertiary/aromatic N) is 3. The van der Waals surface area contributed by atoms with Crippen molar-refractivity contribution in [2.24, 2.45) is 0 Å². The Labute approximate surface area is 121 Å². The maximum absolute atomic E-state index is 12.6. The average molecular weight is 282 g/mol. The molecule has 1 saturated heterocycles. The van der Waals surface area contributed by atoms with Gasteiger partial charge in [0.25, 0.3) is 5.91 Å². The fourth-order valence-electron chi connectivity index (χ4n) is 3.28. The Morgan fingerprint density at radius 2 is 2.00 bits per heavy atom. The Balaban J connectivity index is 1.93. The molecule has 2 aliphatic heterocycles. The topological polar surface area (TPSA) is 67.3 Å². The summed E-state index contributed by atoms with van der Waals surface area (Å²) in [6, 6.07) is 7.76. The molecule has 0 aliphatic carbocycles. The maximum atomic E-state index is 12.6. The van der Waals surface area contributed by atoms with Crippen LogP contribution >= 0.6 is 0 Å². The second kappa shape index (κ2) is 4.26. The zero-order chi connectivity index (χ0) is 14.4. The van der Waals surface area contributed by atoms with Gasteiger partial charge in [-0.25, -0.2) is 0 Å². The molecule has 2 aromatic rings. The number of benzene rings is 1. The van der Waals surface area contributed by atoms with Gasteiger partial charge in [-0.05, 0) is 17.7 Å². The van der Waals surface area contributed by atoms with Gasteiger partial charge < -0.3 is 9.64 Å². The van der Waals surface area contributed by atoms with Crippen LogP contribution in [0.1, 0.15) is 21.5 Å². The first kappa shape index (κ1) is 12.3. The average Bonchev–Trinajstić information content (AvgIpc) is 3.08. The molecule has 2 aliphatic rings. The van der Waals surface area contributed by atoms with Crippen LogP contribution in [0.4, 0.5) is 0 Å². The molecule has 106 valence electrons. The first-order valence-electron chi connectivity index (χ1n) is 6.80. The monoisotopic (exact) mass is 282 g/mol. The third-order valence-electron chi connectivity index (χ3n) is 4.22. The summed E-state index contributed by atoms with van der Waals surface area (Å²) >= 11 is 0. The fourth-order valence-corrected chi connectivity index (χ4v) is 3.28. The van der Waals surface area contributed by atoms with Gasteiger partial charge >= 0.3 is 0 Å². The lowest BCUT2D eigenvalue weighted by Crippen LogP contribution is -2.46. The van der Waals surface area contributed by atoms with E-state index in [9.17, 15) is 4.79 Å². The van der Waals surface area contributed by atoms with Gasteiger partial charge in [0.1, 0.15) is 11.4 Å². The van der Waals surface area contributed by atoms with Crippen LogP contribution in [0.5, 0.6) is 5.75 Å². The fraction of sp³-hybridized carbons (Fsp3) is 0.267. The third kappa shape index (κ3) is 1.48. The molecule has 4 rings (SSSR count). The van der Waals surface area contributed by atoms with E-state index in [0.29, 0.717) is 12.1 Å². The van der Waals surface area contributed by atoms with Crippen LogP contribution in [0.15, 0.2) is 36.7 Å². The van der Waals surface area contributed by atoms with Gasteiger partial charge in [-0.3, -0.25) is 10.1 Å². The van der Waals surface area contributed by atoms with Gasteiger partial charge in [-0.1, -0.05) is 12.1 Å². The quantitative estimate of drug-likeness (QED) is 0.880. The second-order valence-electron chi connectivity index (χ2n) is 5.14. The molecular formula is C15H14N4O2. The van der Waals surface area contributed by atoms with Crippen molar-refractivity contribution in [1.82, 2.24) is 20.4 Å². The number of carbonyl (C=O) groups is 1. The smallest absolute Gasteiger partial charge is 0.258 e. The van der Waals surface area contributed by atoms with E-state index in [0.717, 1.165) is 23.4 Å². The Morgan fingerprint density at radius 1 is 1.24 bits per heavy atom. The third-order valence-corrected chi connectivity index (χ3v) is 4.22. The van der Waals surface area contributed by atoms with Crippen molar-refractivity contribution in [3.05, 3.63) is 53.3 Å².